The van der Waals surface area contributed by atoms with Crippen LogP contribution in [0.5, 0.6) is 0 Å². The van der Waals surface area contributed by atoms with Crippen LogP contribution in [0.2, 0.25) is 0 Å². The van der Waals surface area contributed by atoms with Crippen LogP contribution >= 0.6 is 0 Å². The van der Waals surface area contributed by atoms with Gasteiger partial charge in [0.15, 0.2) is 9.84 Å². The fraction of sp³-hybridized carbons (Fsp3) is 1.00. The van der Waals surface area contributed by atoms with Crippen LogP contribution in [0.25, 0.3) is 0 Å². The van der Waals surface area contributed by atoms with Crippen LogP contribution in [0.15, 0.2) is 0 Å². The summed E-state index contributed by atoms with van der Waals surface area (Å²) in [5, 5.41) is 6.31. The summed E-state index contributed by atoms with van der Waals surface area (Å²) in [5.41, 5.74) is 0. The molecule has 2 atom stereocenters. The highest BCUT2D eigenvalue weighted by molar-refractivity contribution is 7.93. The molecule has 70 valence electrons. The molecule has 2 heterocycles. The van der Waals surface area contributed by atoms with Gasteiger partial charge >= 0.3 is 0 Å². The zero-order chi connectivity index (χ0) is 8.60. The molecule has 2 saturated heterocycles. The van der Waals surface area contributed by atoms with Crippen LogP contribution in [-0.2, 0) is 9.84 Å². The van der Waals surface area contributed by atoms with Crippen molar-refractivity contribution in [2.24, 2.45) is 0 Å². The lowest BCUT2D eigenvalue weighted by Gasteiger charge is -2.36. The fourth-order valence-corrected chi connectivity index (χ4v) is 3.42. The van der Waals surface area contributed by atoms with Gasteiger partial charge in [0.25, 0.3) is 0 Å². The summed E-state index contributed by atoms with van der Waals surface area (Å²) in [6.07, 6.45) is 0.835. The molecule has 4 nitrogen and oxygen atoms in total. The molecule has 0 radical (unpaired) electrons. The Morgan fingerprint density at radius 3 is 2.50 bits per heavy atom. The van der Waals surface area contributed by atoms with Gasteiger partial charge in [-0.2, -0.15) is 0 Å². The second-order valence-electron chi connectivity index (χ2n) is 3.46. The highest BCUT2D eigenvalue weighted by atomic mass is 32.2. The van der Waals surface area contributed by atoms with Crippen molar-refractivity contribution in [3.8, 4) is 0 Å². The van der Waals surface area contributed by atoms with Crippen LogP contribution in [0.1, 0.15) is 6.42 Å². The Balaban J connectivity index is 2.00. The van der Waals surface area contributed by atoms with Gasteiger partial charge in [0.2, 0.25) is 0 Å². The average molecular weight is 190 g/mol. The number of sulfone groups is 1. The number of rotatable bonds is 1. The monoisotopic (exact) mass is 190 g/mol. The molecule has 2 N–H and O–H groups in total. The van der Waals surface area contributed by atoms with Gasteiger partial charge in [0.1, 0.15) is 0 Å². The minimum atomic E-state index is -2.72. The van der Waals surface area contributed by atoms with E-state index < -0.39 is 9.84 Å². The van der Waals surface area contributed by atoms with Gasteiger partial charge in [-0.25, -0.2) is 8.42 Å². The Morgan fingerprint density at radius 1 is 1.25 bits per heavy atom. The van der Waals surface area contributed by atoms with Crippen molar-refractivity contribution >= 4 is 9.84 Å². The predicted molar refractivity (Wildman–Crippen MR) is 46.9 cm³/mol. The topological polar surface area (TPSA) is 58.2 Å². The van der Waals surface area contributed by atoms with Crippen molar-refractivity contribution in [2.75, 3.05) is 25.4 Å². The van der Waals surface area contributed by atoms with E-state index in [0.717, 1.165) is 26.1 Å². The van der Waals surface area contributed by atoms with Gasteiger partial charge in [-0.15, -0.1) is 0 Å². The molecule has 0 saturated carbocycles. The number of nitrogens with one attached hydrogen (secondary N) is 2. The predicted octanol–water partition coefficient (Wildman–Crippen LogP) is -1.27. The SMILES string of the molecule is O=S1(=O)CCC1C1CNCCN1. The van der Waals surface area contributed by atoms with Crippen molar-refractivity contribution < 1.29 is 8.42 Å². The third kappa shape index (κ3) is 1.36. The maximum atomic E-state index is 11.2. The second kappa shape index (κ2) is 2.97. The van der Waals surface area contributed by atoms with Gasteiger partial charge in [-0.3, -0.25) is 0 Å². The summed E-state index contributed by atoms with van der Waals surface area (Å²) in [6, 6.07) is 0.150. The molecule has 5 heteroatoms. The highest BCUT2D eigenvalue weighted by Crippen LogP contribution is 2.23. The normalized spacial score (nSPS) is 40.3. The van der Waals surface area contributed by atoms with Crippen LogP contribution in [0.4, 0.5) is 0 Å². The van der Waals surface area contributed by atoms with E-state index in [2.05, 4.69) is 10.6 Å². The average Bonchev–Trinajstić information content (AvgIpc) is 2.05. The molecular formula is C7H14N2O2S. The van der Waals surface area contributed by atoms with Crippen molar-refractivity contribution in [3.05, 3.63) is 0 Å². The third-order valence-corrected chi connectivity index (χ3v) is 4.96. The summed E-state index contributed by atoms with van der Waals surface area (Å²) >= 11 is 0. The molecule has 0 aromatic rings. The maximum Gasteiger partial charge on any atom is 0.154 e. The first-order valence-electron chi connectivity index (χ1n) is 4.36. The lowest BCUT2D eigenvalue weighted by molar-refractivity contribution is 0.380. The van der Waals surface area contributed by atoms with Gasteiger partial charge in [-0.05, 0) is 6.42 Å². The molecule has 0 aromatic carbocycles. The minimum Gasteiger partial charge on any atom is -0.314 e. The second-order valence-corrected chi connectivity index (χ2v) is 5.80. The van der Waals surface area contributed by atoms with Crippen molar-refractivity contribution in [2.45, 2.75) is 17.7 Å². The van der Waals surface area contributed by atoms with E-state index in [-0.39, 0.29) is 11.3 Å². The lowest BCUT2D eigenvalue weighted by atomic mass is 10.1. The summed E-state index contributed by atoms with van der Waals surface area (Å²) in [5.74, 6) is 0.385. The van der Waals surface area contributed by atoms with E-state index in [4.69, 9.17) is 0 Å². The molecule has 2 aliphatic rings. The lowest BCUT2D eigenvalue weighted by Crippen LogP contribution is -2.59. The molecule has 0 amide bonds. The number of hydrogen-bond donors (Lipinski definition) is 2. The quantitative estimate of drug-likeness (QED) is 0.541. The fourth-order valence-electron chi connectivity index (χ4n) is 1.84. The van der Waals surface area contributed by atoms with E-state index in [1.807, 2.05) is 0 Å². The Labute approximate surface area is 72.6 Å². The smallest absolute Gasteiger partial charge is 0.154 e. The molecular weight excluding hydrogens is 176 g/mol. The molecule has 2 unspecified atom stereocenters. The van der Waals surface area contributed by atoms with Crippen molar-refractivity contribution in [1.82, 2.24) is 10.6 Å². The Hall–Kier alpha value is -0.130. The molecule has 0 aliphatic carbocycles. The third-order valence-electron chi connectivity index (χ3n) is 2.67. The summed E-state index contributed by atoms with van der Waals surface area (Å²) in [6.45, 7) is 2.63. The van der Waals surface area contributed by atoms with Crippen LogP contribution in [0.3, 0.4) is 0 Å². The maximum absolute atomic E-state index is 11.2. The van der Waals surface area contributed by atoms with Gasteiger partial charge in [0, 0.05) is 25.7 Å². The number of hydrogen-bond acceptors (Lipinski definition) is 4. The first kappa shape index (κ1) is 8.47. The van der Waals surface area contributed by atoms with Gasteiger partial charge in [-0.1, -0.05) is 0 Å². The van der Waals surface area contributed by atoms with Gasteiger partial charge in [0.05, 0.1) is 11.0 Å². The van der Waals surface area contributed by atoms with Crippen molar-refractivity contribution in [3.63, 3.8) is 0 Å². The number of piperazine rings is 1. The van der Waals surface area contributed by atoms with E-state index in [1.54, 1.807) is 0 Å². The Morgan fingerprint density at radius 2 is 2.08 bits per heavy atom. The van der Waals surface area contributed by atoms with Crippen LogP contribution in [0, 0.1) is 0 Å². The van der Waals surface area contributed by atoms with E-state index in [0.29, 0.717) is 5.75 Å². The summed E-state index contributed by atoms with van der Waals surface area (Å²) < 4.78 is 22.5. The largest absolute Gasteiger partial charge is 0.314 e. The standard InChI is InChI=1S/C7H14N2O2S/c10-12(11)4-1-7(12)6-5-8-2-3-9-6/h6-9H,1-5H2. The Kier molecular flexibility index (Phi) is 2.10. The van der Waals surface area contributed by atoms with Crippen molar-refractivity contribution in [1.29, 1.82) is 0 Å². The molecule has 0 aromatic heterocycles. The van der Waals surface area contributed by atoms with E-state index >= 15 is 0 Å². The molecule has 0 spiro atoms. The highest BCUT2D eigenvalue weighted by Gasteiger charge is 2.41. The molecule has 2 rings (SSSR count). The zero-order valence-corrected chi connectivity index (χ0v) is 7.73. The van der Waals surface area contributed by atoms with Gasteiger partial charge < -0.3 is 10.6 Å². The molecule has 0 bridgehead atoms. The zero-order valence-electron chi connectivity index (χ0n) is 6.91. The molecule has 2 fully saturated rings. The minimum absolute atomic E-state index is 0.120. The van der Waals surface area contributed by atoms with Crippen LogP contribution < -0.4 is 10.6 Å². The molecule has 2 aliphatic heterocycles. The summed E-state index contributed by atoms with van der Waals surface area (Å²) in [4.78, 5) is 0. The van der Waals surface area contributed by atoms with Crippen LogP contribution in [-0.4, -0.2) is 45.1 Å². The van der Waals surface area contributed by atoms with E-state index in [9.17, 15) is 8.42 Å². The first-order chi connectivity index (χ1) is 5.70. The molecule has 12 heavy (non-hydrogen) atoms. The first-order valence-corrected chi connectivity index (χ1v) is 6.07. The van der Waals surface area contributed by atoms with E-state index in [1.165, 1.54) is 0 Å². The Bertz CT molecular complexity index is 257. The summed E-state index contributed by atoms with van der Waals surface area (Å²) in [7, 11) is -2.72.